The summed E-state index contributed by atoms with van der Waals surface area (Å²) in [6, 6.07) is 1.91. The van der Waals surface area contributed by atoms with Gasteiger partial charge in [-0.25, -0.2) is 4.98 Å². The minimum Gasteiger partial charge on any atom is -0.396 e. The maximum absolute atomic E-state index is 12.4. The molecule has 1 aliphatic rings. The number of aliphatic hydroxyl groups is 1. The second-order valence-electron chi connectivity index (χ2n) is 4.44. The molecule has 1 saturated carbocycles. The van der Waals surface area contributed by atoms with Crippen LogP contribution >= 0.6 is 0 Å². The van der Waals surface area contributed by atoms with E-state index in [9.17, 15) is 13.2 Å². The Kier molecular flexibility index (Phi) is 2.99. The molecule has 1 aromatic rings. The Hall–Kier alpha value is -1.30. The molecule has 1 heterocycles. The molecule has 0 aromatic carbocycles. The molecule has 6 heteroatoms. The van der Waals surface area contributed by atoms with Gasteiger partial charge in [-0.15, -0.1) is 0 Å². The molecule has 0 saturated heterocycles. The predicted molar refractivity (Wildman–Crippen MR) is 56.5 cm³/mol. The average molecular weight is 246 g/mol. The number of nitrogens with zero attached hydrogens (tertiary/aromatic N) is 1. The molecule has 0 unspecified atom stereocenters. The molecule has 2 rings (SSSR count). The average Bonchev–Trinajstić information content (AvgIpc) is 3.06. The Bertz CT molecular complexity index is 402. The van der Waals surface area contributed by atoms with Gasteiger partial charge in [-0.2, -0.15) is 13.2 Å². The van der Waals surface area contributed by atoms with E-state index in [0.29, 0.717) is 6.54 Å². The number of hydrogen-bond donors (Lipinski definition) is 2. The van der Waals surface area contributed by atoms with Crippen LogP contribution in [-0.4, -0.2) is 23.2 Å². The number of pyridine rings is 1. The number of alkyl halides is 3. The van der Waals surface area contributed by atoms with Crippen molar-refractivity contribution < 1.29 is 18.3 Å². The lowest BCUT2D eigenvalue weighted by molar-refractivity contribution is -0.137. The van der Waals surface area contributed by atoms with Gasteiger partial charge < -0.3 is 10.4 Å². The number of aromatic nitrogens is 1. The first-order valence-electron chi connectivity index (χ1n) is 5.33. The fraction of sp³-hybridized carbons (Fsp3) is 0.545. The van der Waals surface area contributed by atoms with Crippen LogP contribution in [0.1, 0.15) is 18.4 Å². The van der Waals surface area contributed by atoms with Gasteiger partial charge in [0.15, 0.2) is 0 Å². The van der Waals surface area contributed by atoms with E-state index in [1.807, 2.05) is 0 Å². The molecule has 0 atom stereocenters. The highest BCUT2D eigenvalue weighted by Crippen LogP contribution is 2.44. The van der Waals surface area contributed by atoms with Crippen LogP contribution < -0.4 is 5.32 Å². The van der Waals surface area contributed by atoms with Crippen molar-refractivity contribution in [3.8, 4) is 0 Å². The third-order valence-electron chi connectivity index (χ3n) is 3.02. The van der Waals surface area contributed by atoms with Gasteiger partial charge in [-0.3, -0.25) is 0 Å². The molecule has 94 valence electrons. The standard InChI is InChI=1S/C11H13F3N2O/c12-11(13,14)8-1-4-15-9(5-8)16-6-10(7-17)2-3-10/h1,4-5,17H,2-3,6-7H2,(H,15,16). The predicted octanol–water partition coefficient (Wildman–Crippen LogP) is 2.28. The van der Waals surface area contributed by atoms with Gasteiger partial charge in [0.2, 0.25) is 0 Å². The van der Waals surface area contributed by atoms with Crippen LogP contribution in [-0.2, 0) is 6.18 Å². The molecule has 0 amide bonds. The highest BCUT2D eigenvalue weighted by molar-refractivity contribution is 5.39. The number of rotatable bonds is 4. The van der Waals surface area contributed by atoms with Crippen LogP contribution in [0, 0.1) is 5.41 Å². The van der Waals surface area contributed by atoms with Crippen LogP contribution in [0.2, 0.25) is 0 Å². The zero-order chi connectivity index (χ0) is 12.5. The van der Waals surface area contributed by atoms with Gasteiger partial charge in [0, 0.05) is 18.2 Å². The highest BCUT2D eigenvalue weighted by Gasteiger charge is 2.41. The van der Waals surface area contributed by atoms with Crippen molar-refractivity contribution in [3.05, 3.63) is 23.9 Å². The summed E-state index contributed by atoms with van der Waals surface area (Å²) >= 11 is 0. The van der Waals surface area contributed by atoms with E-state index in [1.54, 1.807) is 0 Å². The van der Waals surface area contributed by atoms with Gasteiger partial charge in [0.25, 0.3) is 0 Å². The quantitative estimate of drug-likeness (QED) is 0.856. The molecule has 0 radical (unpaired) electrons. The van der Waals surface area contributed by atoms with Crippen molar-refractivity contribution in [2.75, 3.05) is 18.5 Å². The van der Waals surface area contributed by atoms with Crippen molar-refractivity contribution in [3.63, 3.8) is 0 Å². The number of anilines is 1. The first-order valence-corrected chi connectivity index (χ1v) is 5.33. The van der Waals surface area contributed by atoms with E-state index >= 15 is 0 Å². The number of hydrogen-bond acceptors (Lipinski definition) is 3. The first-order chi connectivity index (χ1) is 7.95. The van der Waals surface area contributed by atoms with Crippen molar-refractivity contribution in [1.82, 2.24) is 4.98 Å². The Morgan fingerprint density at radius 1 is 1.41 bits per heavy atom. The minimum atomic E-state index is -4.35. The summed E-state index contributed by atoms with van der Waals surface area (Å²) in [7, 11) is 0. The van der Waals surface area contributed by atoms with Gasteiger partial charge in [-0.1, -0.05) is 0 Å². The summed E-state index contributed by atoms with van der Waals surface area (Å²) < 4.78 is 37.3. The van der Waals surface area contributed by atoms with Crippen LogP contribution in [0.4, 0.5) is 19.0 Å². The summed E-state index contributed by atoms with van der Waals surface area (Å²) in [6.45, 7) is 0.511. The fourth-order valence-electron chi connectivity index (χ4n) is 1.55. The van der Waals surface area contributed by atoms with E-state index in [2.05, 4.69) is 10.3 Å². The topological polar surface area (TPSA) is 45.1 Å². The zero-order valence-electron chi connectivity index (χ0n) is 9.09. The summed E-state index contributed by atoms with van der Waals surface area (Å²) in [5, 5.41) is 11.9. The molecule has 0 bridgehead atoms. The summed E-state index contributed by atoms with van der Waals surface area (Å²) in [6.07, 6.45) is -1.43. The minimum absolute atomic E-state index is 0.0545. The Balaban J connectivity index is 2.02. The second-order valence-corrected chi connectivity index (χ2v) is 4.44. The SMILES string of the molecule is OCC1(CNc2cc(C(F)(F)F)ccn2)CC1. The van der Waals surface area contributed by atoms with Crippen LogP contribution in [0.15, 0.2) is 18.3 Å². The highest BCUT2D eigenvalue weighted by atomic mass is 19.4. The van der Waals surface area contributed by atoms with E-state index in [4.69, 9.17) is 5.11 Å². The maximum Gasteiger partial charge on any atom is 0.416 e. The summed E-state index contributed by atoms with van der Waals surface area (Å²) in [5.41, 5.74) is -0.875. The molecule has 1 aromatic heterocycles. The molecule has 2 N–H and O–H groups in total. The number of nitrogens with one attached hydrogen (secondary N) is 1. The van der Waals surface area contributed by atoms with E-state index in [1.165, 1.54) is 0 Å². The van der Waals surface area contributed by atoms with Gasteiger partial charge in [-0.05, 0) is 25.0 Å². The molecule has 1 aliphatic carbocycles. The fourth-order valence-corrected chi connectivity index (χ4v) is 1.55. The Morgan fingerprint density at radius 2 is 2.12 bits per heavy atom. The van der Waals surface area contributed by atoms with Gasteiger partial charge in [0.05, 0.1) is 12.2 Å². The molecule has 1 fully saturated rings. The third-order valence-corrected chi connectivity index (χ3v) is 3.02. The lowest BCUT2D eigenvalue weighted by Gasteiger charge is -2.14. The lowest BCUT2D eigenvalue weighted by atomic mass is 10.1. The van der Waals surface area contributed by atoms with Crippen LogP contribution in [0.3, 0.4) is 0 Å². The lowest BCUT2D eigenvalue weighted by Crippen LogP contribution is -2.19. The normalized spacial score (nSPS) is 17.9. The molecule has 3 nitrogen and oxygen atoms in total. The van der Waals surface area contributed by atoms with Crippen LogP contribution in [0.25, 0.3) is 0 Å². The van der Waals surface area contributed by atoms with Crippen molar-refractivity contribution >= 4 is 5.82 Å². The number of aliphatic hydroxyl groups excluding tert-OH is 1. The first kappa shape index (κ1) is 12.2. The smallest absolute Gasteiger partial charge is 0.396 e. The second kappa shape index (κ2) is 4.18. The Labute approximate surface area is 96.7 Å². The van der Waals surface area contributed by atoms with Gasteiger partial charge in [0.1, 0.15) is 5.82 Å². The number of halogens is 3. The van der Waals surface area contributed by atoms with Gasteiger partial charge >= 0.3 is 6.18 Å². The summed E-state index contributed by atoms with van der Waals surface area (Å²) in [5.74, 6) is 0.194. The van der Waals surface area contributed by atoms with Crippen molar-refractivity contribution in [2.45, 2.75) is 19.0 Å². The molecule has 0 spiro atoms. The zero-order valence-corrected chi connectivity index (χ0v) is 9.09. The molecule has 0 aliphatic heterocycles. The van der Waals surface area contributed by atoms with Crippen molar-refractivity contribution in [1.29, 1.82) is 0 Å². The van der Waals surface area contributed by atoms with Crippen molar-refractivity contribution in [2.24, 2.45) is 5.41 Å². The van der Waals surface area contributed by atoms with E-state index in [-0.39, 0.29) is 17.8 Å². The monoisotopic (exact) mass is 246 g/mol. The third kappa shape index (κ3) is 2.88. The van der Waals surface area contributed by atoms with E-state index in [0.717, 1.165) is 31.2 Å². The van der Waals surface area contributed by atoms with Crippen LogP contribution in [0.5, 0.6) is 0 Å². The van der Waals surface area contributed by atoms with E-state index < -0.39 is 11.7 Å². The maximum atomic E-state index is 12.4. The Morgan fingerprint density at radius 3 is 2.65 bits per heavy atom. The summed E-state index contributed by atoms with van der Waals surface area (Å²) in [4.78, 5) is 3.83. The molecule has 17 heavy (non-hydrogen) atoms. The molecular weight excluding hydrogens is 233 g/mol. The largest absolute Gasteiger partial charge is 0.416 e. The molecular formula is C11H13F3N2O.